The second-order valence-electron chi connectivity index (χ2n) is 4.66. The molecule has 0 unspecified atom stereocenters. The highest BCUT2D eigenvalue weighted by Gasteiger charge is 2.24. The summed E-state index contributed by atoms with van der Waals surface area (Å²) in [6.07, 6.45) is 0. The van der Waals surface area contributed by atoms with Gasteiger partial charge in [-0.05, 0) is 18.2 Å². The SMILES string of the molecule is NC(=S)CN1CCN(C(=O)c2cc(Cl)ccc2F)CC1. The maximum Gasteiger partial charge on any atom is 0.256 e. The van der Waals surface area contributed by atoms with Crippen LogP contribution in [0, 0.1) is 5.82 Å². The highest BCUT2D eigenvalue weighted by atomic mass is 35.5. The normalized spacial score (nSPS) is 16.2. The molecule has 0 aliphatic carbocycles. The molecule has 0 radical (unpaired) electrons. The third-order valence-electron chi connectivity index (χ3n) is 3.20. The lowest BCUT2D eigenvalue weighted by Gasteiger charge is -2.34. The number of thiocarbonyl (C=S) groups is 1. The summed E-state index contributed by atoms with van der Waals surface area (Å²) >= 11 is 10.7. The fourth-order valence-corrected chi connectivity index (χ4v) is 2.52. The van der Waals surface area contributed by atoms with Gasteiger partial charge in [-0.3, -0.25) is 9.69 Å². The van der Waals surface area contributed by atoms with Gasteiger partial charge in [0.2, 0.25) is 0 Å². The molecule has 1 heterocycles. The zero-order valence-corrected chi connectivity index (χ0v) is 12.4. The Balaban J connectivity index is 2.01. The van der Waals surface area contributed by atoms with Gasteiger partial charge in [0.25, 0.3) is 5.91 Å². The number of nitrogens with two attached hydrogens (primary N) is 1. The van der Waals surface area contributed by atoms with Gasteiger partial charge in [-0.15, -0.1) is 0 Å². The summed E-state index contributed by atoms with van der Waals surface area (Å²) in [5.41, 5.74) is 5.50. The third-order valence-corrected chi connectivity index (χ3v) is 3.56. The van der Waals surface area contributed by atoms with Gasteiger partial charge in [-0.2, -0.15) is 0 Å². The maximum atomic E-state index is 13.7. The van der Waals surface area contributed by atoms with E-state index in [0.29, 0.717) is 42.7 Å². The molecule has 108 valence electrons. The summed E-state index contributed by atoms with van der Waals surface area (Å²) in [6.45, 7) is 2.93. The van der Waals surface area contributed by atoms with E-state index in [9.17, 15) is 9.18 Å². The minimum absolute atomic E-state index is 0.0142. The number of carbonyl (C=O) groups excluding carboxylic acids is 1. The number of piperazine rings is 1. The van der Waals surface area contributed by atoms with Gasteiger partial charge < -0.3 is 10.6 Å². The molecule has 2 rings (SSSR count). The highest BCUT2D eigenvalue weighted by molar-refractivity contribution is 7.80. The summed E-state index contributed by atoms with van der Waals surface area (Å²) in [6, 6.07) is 3.99. The average Bonchev–Trinajstić information content (AvgIpc) is 2.41. The molecule has 0 spiro atoms. The van der Waals surface area contributed by atoms with Crippen molar-refractivity contribution in [3.05, 3.63) is 34.6 Å². The van der Waals surface area contributed by atoms with Crippen LogP contribution >= 0.6 is 23.8 Å². The first kappa shape index (κ1) is 15.2. The number of rotatable bonds is 3. The molecular formula is C13H15ClFN3OS. The third kappa shape index (κ3) is 3.65. The van der Waals surface area contributed by atoms with Crippen molar-refractivity contribution < 1.29 is 9.18 Å². The highest BCUT2D eigenvalue weighted by Crippen LogP contribution is 2.17. The molecule has 1 saturated heterocycles. The Morgan fingerprint density at radius 1 is 1.35 bits per heavy atom. The van der Waals surface area contributed by atoms with Gasteiger partial charge in [0.05, 0.1) is 10.6 Å². The minimum Gasteiger partial charge on any atom is -0.392 e. The zero-order chi connectivity index (χ0) is 14.7. The van der Waals surface area contributed by atoms with Gasteiger partial charge in [0.1, 0.15) is 5.82 Å². The van der Waals surface area contributed by atoms with Crippen LogP contribution in [0.25, 0.3) is 0 Å². The number of nitrogens with zero attached hydrogens (tertiary/aromatic N) is 2. The maximum absolute atomic E-state index is 13.7. The quantitative estimate of drug-likeness (QED) is 0.859. The predicted octanol–water partition coefficient (Wildman–Crippen LogP) is 1.52. The Morgan fingerprint density at radius 3 is 2.60 bits per heavy atom. The molecule has 2 N–H and O–H groups in total. The summed E-state index contributed by atoms with van der Waals surface area (Å²) in [5.74, 6) is -0.884. The van der Waals surface area contributed by atoms with Crippen molar-refractivity contribution in [2.45, 2.75) is 0 Å². The van der Waals surface area contributed by atoms with Gasteiger partial charge in [0, 0.05) is 37.7 Å². The standard InChI is InChI=1S/C13H15ClFN3OS/c14-9-1-2-11(15)10(7-9)13(19)18-5-3-17(4-6-18)8-12(16)20/h1-2,7H,3-6,8H2,(H2,16,20). The molecule has 0 bridgehead atoms. The summed E-state index contributed by atoms with van der Waals surface area (Å²) < 4.78 is 13.7. The molecule has 7 heteroatoms. The van der Waals surface area contributed by atoms with E-state index in [1.807, 2.05) is 0 Å². The lowest BCUT2D eigenvalue weighted by molar-refractivity contribution is 0.0650. The lowest BCUT2D eigenvalue weighted by Crippen LogP contribution is -2.50. The van der Waals surface area contributed by atoms with Crippen molar-refractivity contribution in [2.24, 2.45) is 5.73 Å². The van der Waals surface area contributed by atoms with Crippen LogP contribution in [-0.4, -0.2) is 53.4 Å². The number of hydrogen-bond donors (Lipinski definition) is 1. The number of benzene rings is 1. The Bertz CT molecular complexity index is 532. The van der Waals surface area contributed by atoms with Crippen LogP contribution in [0.15, 0.2) is 18.2 Å². The first-order valence-electron chi connectivity index (χ1n) is 6.22. The van der Waals surface area contributed by atoms with E-state index in [4.69, 9.17) is 29.6 Å². The molecule has 1 fully saturated rings. The van der Waals surface area contributed by atoms with Crippen LogP contribution in [0.3, 0.4) is 0 Å². The molecule has 1 aliphatic heterocycles. The van der Waals surface area contributed by atoms with Crippen molar-refractivity contribution in [3.8, 4) is 0 Å². The minimum atomic E-state index is -0.551. The zero-order valence-electron chi connectivity index (χ0n) is 10.8. The summed E-state index contributed by atoms with van der Waals surface area (Å²) in [4.78, 5) is 16.4. The van der Waals surface area contributed by atoms with Crippen molar-refractivity contribution in [2.75, 3.05) is 32.7 Å². The van der Waals surface area contributed by atoms with Gasteiger partial charge in [-0.25, -0.2) is 4.39 Å². The largest absolute Gasteiger partial charge is 0.392 e. The molecule has 1 amide bonds. The molecule has 4 nitrogen and oxygen atoms in total. The molecule has 1 aromatic carbocycles. The second-order valence-corrected chi connectivity index (χ2v) is 5.62. The summed E-state index contributed by atoms with van der Waals surface area (Å²) in [7, 11) is 0. The summed E-state index contributed by atoms with van der Waals surface area (Å²) in [5, 5.41) is 0.349. The van der Waals surface area contributed by atoms with Crippen molar-refractivity contribution in [1.82, 2.24) is 9.80 Å². The van der Waals surface area contributed by atoms with Gasteiger partial charge in [-0.1, -0.05) is 23.8 Å². The topological polar surface area (TPSA) is 49.6 Å². The van der Waals surface area contributed by atoms with Crippen molar-refractivity contribution in [1.29, 1.82) is 0 Å². The molecule has 1 aromatic rings. The second kappa shape index (κ2) is 6.47. The molecule has 1 aliphatic rings. The van der Waals surface area contributed by atoms with Crippen LogP contribution in [-0.2, 0) is 0 Å². The Labute approximate surface area is 127 Å². The van der Waals surface area contributed by atoms with E-state index >= 15 is 0 Å². The molecule has 0 aromatic heterocycles. The lowest BCUT2D eigenvalue weighted by atomic mass is 10.1. The Morgan fingerprint density at radius 2 is 2.00 bits per heavy atom. The van der Waals surface area contributed by atoms with Crippen molar-refractivity contribution >= 4 is 34.7 Å². The fourth-order valence-electron chi connectivity index (χ4n) is 2.16. The molecule has 0 atom stereocenters. The van der Waals surface area contributed by atoms with Gasteiger partial charge in [0.15, 0.2) is 0 Å². The van der Waals surface area contributed by atoms with Crippen molar-refractivity contribution in [3.63, 3.8) is 0 Å². The first-order valence-corrected chi connectivity index (χ1v) is 7.01. The van der Waals surface area contributed by atoms with E-state index in [2.05, 4.69) is 4.90 Å². The number of hydrogen-bond acceptors (Lipinski definition) is 3. The van der Waals surface area contributed by atoms with Crippen LogP contribution in [0.2, 0.25) is 5.02 Å². The smallest absolute Gasteiger partial charge is 0.256 e. The number of halogens is 2. The molecule has 20 heavy (non-hydrogen) atoms. The molecule has 0 saturated carbocycles. The van der Waals surface area contributed by atoms with Crippen LogP contribution < -0.4 is 5.73 Å². The Kier molecular flexibility index (Phi) is 4.91. The van der Waals surface area contributed by atoms with Crippen LogP contribution in [0.5, 0.6) is 0 Å². The molecular weight excluding hydrogens is 301 g/mol. The van der Waals surface area contributed by atoms with E-state index in [1.54, 1.807) is 4.90 Å². The van der Waals surface area contributed by atoms with E-state index in [1.165, 1.54) is 18.2 Å². The van der Waals surface area contributed by atoms with E-state index in [-0.39, 0.29) is 11.5 Å². The average molecular weight is 316 g/mol. The van der Waals surface area contributed by atoms with Gasteiger partial charge >= 0.3 is 0 Å². The first-order chi connectivity index (χ1) is 9.47. The van der Waals surface area contributed by atoms with E-state index in [0.717, 1.165) is 0 Å². The number of amides is 1. The van der Waals surface area contributed by atoms with E-state index < -0.39 is 5.82 Å². The Hall–Kier alpha value is -1.24. The van der Waals surface area contributed by atoms with Crippen LogP contribution in [0.4, 0.5) is 4.39 Å². The fraction of sp³-hybridized carbons (Fsp3) is 0.385. The number of carbonyl (C=O) groups is 1. The monoisotopic (exact) mass is 315 g/mol. The predicted molar refractivity (Wildman–Crippen MR) is 80.5 cm³/mol. The van der Waals surface area contributed by atoms with Crippen LogP contribution in [0.1, 0.15) is 10.4 Å².